The normalized spacial score (nSPS) is 13.4. The summed E-state index contributed by atoms with van der Waals surface area (Å²) in [5.74, 6) is 0. The minimum Gasteiger partial charge on any atom is -0.381 e. The van der Waals surface area contributed by atoms with Crippen LogP contribution in [0.25, 0.3) is 0 Å². The highest BCUT2D eigenvalue weighted by atomic mass is 32.2. The van der Waals surface area contributed by atoms with Crippen molar-refractivity contribution < 1.29 is 16.8 Å². The van der Waals surface area contributed by atoms with Crippen molar-refractivity contribution in [3.63, 3.8) is 0 Å². The Labute approximate surface area is 156 Å². The van der Waals surface area contributed by atoms with Crippen molar-refractivity contribution in [2.75, 3.05) is 17.8 Å². The molecule has 0 fully saturated rings. The van der Waals surface area contributed by atoms with E-state index < -0.39 is 19.7 Å². The number of hydrogen-bond acceptors (Lipinski definition) is 5. The molecule has 142 valence electrons. The van der Waals surface area contributed by atoms with Crippen molar-refractivity contribution in [1.82, 2.24) is 0 Å². The summed E-state index contributed by atoms with van der Waals surface area (Å²) in [5.41, 5.74) is 3.98. The molecule has 7 heteroatoms. The molecule has 0 spiro atoms. The summed E-state index contributed by atoms with van der Waals surface area (Å²) in [6, 6.07) is 10.4. The molecule has 0 saturated heterocycles. The molecule has 0 aliphatic carbocycles. The zero-order chi connectivity index (χ0) is 19.7. The largest absolute Gasteiger partial charge is 0.381 e. The van der Waals surface area contributed by atoms with Gasteiger partial charge in [0.15, 0.2) is 19.7 Å². The topological polar surface area (TPSA) is 80.3 Å². The first-order chi connectivity index (χ1) is 11.9. The molecule has 0 saturated carbocycles. The van der Waals surface area contributed by atoms with Crippen molar-refractivity contribution in [1.29, 1.82) is 0 Å². The number of aryl methyl sites for hydroxylation is 2. The maximum atomic E-state index is 12.1. The lowest BCUT2D eigenvalue weighted by atomic mass is 10.00. The van der Waals surface area contributed by atoms with Crippen molar-refractivity contribution in [2.45, 2.75) is 43.0 Å². The Morgan fingerprint density at radius 2 is 1.58 bits per heavy atom. The lowest BCUT2D eigenvalue weighted by molar-refractivity contribution is 0.600. The van der Waals surface area contributed by atoms with Crippen molar-refractivity contribution in [3.8, 4) is 0 Å². The van der Waals surface area contributed by atoms with Gasteiger partial charge in [0.25, 0.3) is 0 Å². The Morgan fingerprint density at radius 1 is 0.923 bits per heavy atom. The van der Waals surface area contributed by atoms with Crippen LogP contribution in [0.4, 0.5) is 5.69 Å². The van der Waals surface area contributed by atoms with E-state index in [0.29, 0.717) is 5.69 Å². The zero-order valence-electron chi connectivity index (χ0n) is 15.7. The third-order valence-electron chi connectivity index (χ3n) is 4.21. The molecule has 26 heavy (non-hydrogen) atoms. The summed E-state index contributed by atoms with van der Waals surface area (Å²) in [7, 11) is -7.06. The van der Waals surface area contributed by atoms with E-state index in [1.54, 1.807) is 0 Å². The lowest BCUT2D eigenvalue weighted by Gasteiger charge is -2.19. The third kappa shape index (κ3) is 5.08. The van der Waals surface area contributed by atoms with Crippen LogP contribution in [0.15, 0.2) is 46.2 Å². The van der Waals surface area contributed by atoms with E-state index in [1.807, 2.05) is 13.8 Å². The predicted octanol–water partition coefficient (Wildman–Crippen LogP) is 3.15. The van der Waals surface area contributed by atoms with E-state index in [4.69, 9.17) is 0 Å². The van der Waals surface area contributed by atoms with Crippen molar-refractivity contribution in [3.05, 3.63) is 53.1 Å². The predicted molar refractivity (Wildman–Crippen MR) is 105 cm³/mol. The maximum absolute atomic E-state index is 12.1. The van der Waals surface area contributed by atoms with Gasteiger partial charge in [0.05, 0.1) is 15.5 Å². The van der Waals surface area contributed by atoms with Crippen LogP contribution in [0, 0.1) is 13.8 Å². The van der Waals surface area contributed by atoms with Gasteiger partial charge in [-0.15, -0.1) is 0 Å². The van der Waals surface area contributed by atoms with Crippen LogP contribution in [0.2, 0.25) is 0 Å². The number of anilines is 1. The lowest BCUT2D eigenvalue weighted by Crippen LogP contribution is -2.20. The quantitative estimate of drug-likeness (QED) is 0.813. The van der Waals surface area contributed by atoms with E-state index in [9.17, 15) is 16.8 Å². The fourth-order valence-corrected chi connectivity index (χ4v) is 4.47. The van der Waals surface area contributed by atoms with Gasteiger partial charge in [-0.1, -0.05) is 23.8 Å². The maximum Gasteiger partial charge on any atom is 0.177 e. The van der Waals surface area contributed by atoms with Crippen LogP contribution in [0.3, 0.4) is 0 Å². The summed E-state index contributed by atoms with van der Waals surface area (Å²) in [5, 5.41) is 3.21. The van der Waals surface area contributed by atoms with E-state index >= 15 is 0 Å². The molecule has 0 radical (unpaired) electrons. The molecule has 1 atom stereocenters. The SMILES string of the molecule is Cc1ccc(CC(C)Nc2ccc(S(C)(=O)=O)cc2S(C)(=O)=O)c(C)c1. The molecule has 0 aliphatic heterocycles. The molecule has 0 bridgehead atoms. The van der Waals surface area contributed by atoms with Gasteiger partial charge in [-0.25, -0.2) is 16.8 Å². The zero-order valence-corrected chi connectivity index (χ0v) is 17.3. The molecule has 1 unspecified atom stereocenters. The minimum absolute atomic E-state index is 0.00657. The Balaban J connectivity index is 2.33. The summed E-state index contributed by atoms with van der Waals surface area (Å²) in [6.45, 7) is 6.06. The van der Waals surface area contributed by atoms with E-state index in [1.165, 1.54) is 34.9 Å². The summed E-state index contributed by atoms with van der Waals surface area (Å²) < 4.78 is 47.7. The fraction of sp³-hybridized carbons (Fsp3) is 0.368. The second-order valence-corrected chi connectivity index (χ2v) is 10.9. The molecule has 2 aromatic rings. The number of nitrogens with one attached hydrogen (secondary N) is 1. The van der Waals surface area contributed by atoms with Crippen molar-refractivity contribution in [2.24, 2.45) is 0 Å². The van der Waals surface area contributed by atoms with Crippen LogP contribution in [-0.4, -0.2) is 35.4 Å². The minimum atomic E-state index is -3.58. The van der Waals surface area contributed by atoms with Crippen LogP contribution in [0.1, 0.15) is 23.6 Å². The second kappa shape index (κ2) is 7.40. The van der Waals surface area contributed by atoms with Gasteiger partial charge in [0.1, 0.15) is 0 Å². The van der Waals surface area contributed by atoms with Gasteiger partial charge < -0.3 is 5.32 Å². The highest BCUT2D eigenvalue weighted by Gasteiger charge is 2.19. The van der Waals surface area contributed by atoms with E-state index in [-0.39, 0.29) is 15.8 Å². The van der Waals surface area contributed by atoms with Crippen LogP contribution in [-0.2, 0) is 26.1 Å². The number of hydrogen-bond donors (Lipinski definition) is 1. The van der Waals surface area contributed by atoms with Gasteiger partial charge >= 0.3 is 0 Å². The third-order valence-corrected chi connectivity index (χ3v) is 6.45. The first kappa shape index (κ1) is 20.5. The molecular formula is C19H25NO4S2. The van der Waals surface area contributed by atoms with Gasteiger partial charge in [-0.05, 0) is 56.5 Å². The first-order valence-corrected chi connectivity index (χ1v) is 12.0. The van der Waals surface area contributed by atoms with Crippen LogP contribution >= 0.6 is 0 Å². The van der Waals surface area contributed by atoms with E-state index in [2.05, 4.69) is 30.4 Å². The van der Waals surface area contributed by atoms with Crippen LogP contribution < -0.4 is 5.32 Å². The highest BCUT2D eigenvalue weighted by molar-refractivity contribution is 7.91. The fourth-order valence-electron chi connectivity index (χ4n) is 2.88. The molecule has 0 aromatic heterocycles. The second-order valence-electron chi connectivity index (χ2n) is 6.88. The molecule has 0 heterocycles. The molecule has 2 rings (SSSR count). The molecular weight excluding hydrogens is 370 g/mol. The monoisotopic (exact) mass is 395 g/mol. The Kier molecular flexibility index (Phi) is 5.82. The van der Waals surface area contributed by atoms with Gasteiger partial charge in [0, 0.05) is 18.6 Å². The molecule has 0 aliphatic rings. The molecule has 2 aromatic carbocycles. The smallest absolute Gasteiger partial charge is 0.177 e. The van der Waals surface area contributed by atoms with E-state index in [0.717, 1.165) is 18.9 Å². The summed E-state index contributed by atoms with van der Waals surface area (Å²) in [6.07, 6.45) is 2.86. The van der Waals surface area contributed by atoms with Gasteiger partial charge in [-0.2, -0.15) is 0 Å². The molecule has 5 nitrogen and oxygen atoms in total. The molecule has 1 N–H and O–H groups in total. The average Bonchev–Trinajstić information content (AvgIpc) is 2.48. The number of sulfone groups is 2. The number of benzene rings is 2. The molecule has 0 amide bonds. The van der Waals surface area contributed by atoms with Gasteiger partial charge in [0.2, 0.25) is 0 Å². The standard InChI is InChI=1S/C19H25NO4S2/c1-13-6-7-16(14(2)10-13)11-15(3)20-18-9-8-17(25(4,21)22)12-19(18)26(5,23)24/h6-10,12,15,20H,11H2,1-5H3. The van der Waals surface area contributed by atoms with Gasteiger partial charge in [-0.3, -0.25) is 0 Å². The first-order valence-electron chi connectivity index (χ1n) is 8.25. The highest BCUT2D eigenvalue weighted by Crippen LogP contribution is 2.26. The summed E-state index contributed by atoms with van der Waals surface area (Å²) >= 11 is 0. The number of rotatable bonds is 6. The Bertz CT molecular complexity index is 1030. The Morgan fingerprint density at radius 3 is 2.12 bits per heavy atom. The summed E-state index contributed by atoms with van der Waals surface area (Å²) in [4.78, 5) is -0.0154. The average molecular weight is 396 g/mol. The Hall–Kier alpha value is -1.86. The van der Waals surface area contributed by atoms with Crippen LogP contribution in [0.5, 0.6) is 0 Å². The van der Waals surface area contributed by atoms with Crippen molar-refractivity contribution >= 4 is 25.4 Å².